The Hall–Kier alpha value is 2.47. The van der Waals surface area contributed by atoms with Gasteiger partial charge in [-0.15, -0.1) is 0 Å². The Morgan fingerprint density at radius 1 is 1.00 bits per heavy atom. The molecule has 0 nitrogen and oxygen atoms in total. The molecule has 0 aromatic heterocycles. The van der Waals surface area contributed by atoms with Gasteiger partial charge in [0.2, 0.25) is 0 Å². The molecule has 0 fully saturated rings. The summed E-state index contributed by atoms with van der Waals surface area (Å²) in [5, 5.41) is 0. The van der Waals surface area contributed by atoms with E-state index in [0.717, 1.165) is 0 Å². The van der Waals surface area contributed by atoms with Crippen LogP contribution in [0.2, 0.25) is 0 Å². The standard InChI is InChI=1S/Nb.H2Se2.W/c;1-2;/h;1-2H;. The van der Waals surface area contributed by atoms with Gasteiger partial charge < -0.3 is 0 Å². The van der Waals surface area contributed by atoms with E-state index >= 15 is 0 Å². The van der Waals surface area contributed by atoms with Crippen LogP contribution in [0.15, 0.2) is 0 Å². The molecule has 0 rings (SSSR count). The van der Waals surface area contributed by atoms with Crippen LogP contribution in [0.3, 0.4) is 0 Å². The van der Waals surface area contributed by atoms with Crippen molar-refractivity contribution in [3.05, 3.63) is 0 Å². The Balaban J connectivity index is -0.00000000500. The monoisotopic (exact) mass is 439 g/mol. The average Bonchev–Trinajstić information content (AvgIpc) is 1.00. The quantitative estimate of drug-likeness (QED) is 0.414. The zero-order valence-corrected chi connectivity index (χ0v) is 10.6. The Morgan fingerprint density at radius 2 is 1.00 bits per heavy atom. The van der Waals surface area contributed by atoms with Gasteiger partial charge in [-0.2, -0.15) is 0 Å². The third-order valence-corrected chi connectivity index (χ3v) is 0. The first-order chi connectivity index (χ1) is 1.00. The molecule has 1 radical (unpaired) electrons. The molecule has 25 valence electrons. The molecule has 0 amide bonds. The predicted molar refractivity (Wildman–Crippen MR) is 14.3 cm³/mol. The van der Waals surface area contributed by atoms with Gasteiger partial charge in [0, 0.05) is 43.4 Å². The van der Waals surface area contributed by atoms with Crippen molar-refractivity contribution in [3.8, 4) is 0 Å². The van der Waals surface area contributed by atoms with Crippen molar-refractivity contribution in [2.24, 2.45) is 0 Å². The molecule has 4 heavy (non-hydrogen) atoms. The van der Waals surface area contributed by atoms with Crippen molar-refractivity contribution >= 4 is 28.4 Å². The second kappa shape index (κ2) is 17.9. The maximum Gasteiger partial charge on any atom is 0 e. The third-order valence-electron chi connectivity index (χ3n) is 0. The van der Waals surface area contributed by atoms with Crippen molar-refractivity contribution in [3.63, 3.8) is 0 Å². The van der Waals surface area contributed by atoms with Crippen LogP contribution in [-0.4, -0.2) is 28.4 Å². The minimum Gasteiger partial charge on any atom is 0 e. The van der Waals surface area contributed by atoms with Gasteiger partial charge >= 0.3 is 28.4 Å². The Bertz CT molecular complexity index is 6.00. The first-order valence-corrected chi connectivity index (χ1v) is 5.40. The van der Waals surface area contributed by atoms with E-state index in [2.05, 4.69) is 28.4 Å². The van der Waals surface area contributed by atoms with Gasteiger partial charge in [0.1, 0.15) is 0 Å². The summed E-state index contributed by atoms with van der Waals surface area (Å²) in [4.78, 5) is 0. The van der Waals surface area contributed by atoms with E-state index in [1.54, 1.807) is 0 Å². The summed E-state index contributed by atoms with van der Waals surface area (Å²) >= 11 is 4.50. The summed E-state index contributed by atoms with van der Waals surface area (Å²) in [7, 11) is 0. The molecule has 0 aliphatic rings. The molecule has 0 unspecified atom stereocenters. The van der Waals surface area contributed by atoms with E-state index in [1.165, 1.54) is 0 Å². The number of rotatable bonds is 0. The van der Waals surface area contributed by atoms with Gasteiger partial charge in [-0.05, 0) is 0 Å². The summed E-state index contributed by atoms with van der Waals surface area (Å²) in [6.07, 6.45) is 0. The second-order valence-corrected chi connectivity index (χ2v) is 0. The Labute approximate surface area is 70.8 Å². The van der Waals surface area contributed by atoms with Gasteiger partial charge in [0.15, 0.2) is 0 Å². The number of hydrogen-bond donors (Lipinski definition) is 0. The fourth-order valence-electron chi connectivity index (χ4n) is 0. The van der Waals surface area contributed by atoms with Crippen molar-refractivity contribution < 1.29 is 43.4 Å². The van der Waals surface area contributed by atoms with Crippen LogP contribution in [0.4, 0.5) is 0 Å². The second-order valence-electron chi connectivity index (χ2n) is 0. The van der Waals surface area contributed by atoms with Crippen LogP contribution in [0.1, 0.15) is 0 Å². The molecule has 0 atom stereocenters. The predicted octanol–water partition coefficient (Wildman–Crippen LogP) is -1.30. The van der Waals surface area contributed by atoms with Gasteiger partial charge in [0.25, 0.3) is 0 Å². The molecule has 0 aromatic rings. The molecule has 0 spiro atoms. The Kier molecular flexibility index (Phi) is 72.0. The van der Waals surface area contributed by atoms with Crippen molar-refractivity contribution in [1.29, 1.82) is 0 Å². The molecule has 0 aromatic carbocycles. The molecule has 0 heterocycles. The molecule has 0 aliphatic heterocycles. The van der Waals surface area contributed by atoms with Crippen molar-refractivity contribution in [1.82, 2.24) is 0 Å². The first kappa shape index (κ1) is 16.1. The van der Waals surface area contributed by atoms with E-state index in [1.807, 2.05) is 0 Å². The Morgan fingerprint density at radius 3 is 1.00 bits per heavy atom. The molecule has 4 heteroatoms. The summed E-state index contributed by atoms with van der Waals surface area (Å²) in [6.45, 7) is 0. The fraction of sp³-hybridized carbons (Fsp3) is 0. The summed E-state index contributed by atoms with van der Waals surface area (Å²) in [5.41, 5.74) is 0. The summed E-state index contributed by atoms with van der Waals surface area (Å²) < 4.78 is 0. The minimum atomic E-state index is 0. The molecule has 0 N–H and O–H groups in total. The maximum atomic E-state index is 2.25. The zero-order valence-electron chi connectivity index (χ0n) is 1.75. The largest absolute Gasteiger partial charge is 0 e. The van der Waals surface area contributed by atoms with Crippen LogP contribution in [0, 0.1) is 0 Å². The minimum absolute atomic E-state index is 0. The van der Waals surface area contributed by atoms with Gasteiger partial charge in [-0.1, -0.05) is 0 Å². The van der Waals surface area contributed by atoms with Crippen LogP contribution in [0.5, 0.6) is 0 Å². The van der Waals surface area contributed by atoms with E-state index in [4.69, 9.17) is 0 Å². The van der Waals surface area contributed by atoms with Gasteiger partial charge in [0.05, 0.1) is 0 Å². The van der Waals surface area contributed by atoms with Crippen LogP contribution in [0.25, 0.3) is 0 Å². The topological polar surface area (TPSA) is 0 Å². The van der Waals surface area contributed by atoms with Crippen LogP contribution in [-0.2, 0) is 43.4 Å². The summed E-state index contributed by atoms with van der Waals surface area (Å²) in [5.74, 6) is 0. The van der Waals surface area contributed by atoms with Crippen LogP contribution < -0.4 is 0 Å². The molecular weight excluding hydrogens is 435 g/mol. The normalized spacial score (nSPS) is 1.50. The number of hydrogen-bond acceptors (Lipinski definition) is 0. The smallest absolute Gasteiger partial charge is 0 e. The van der Waals surface area contributed by atoms with E-state index in [0.29, 0.717) is 0 Å². The zero-order chi connectivity index (χ0) is 2.00. The van der Waals surface area contributed by atoms with E-state index < -0.39 is 0 Å². The maximum absolute atomic E-state index is 2.25. The summed E-state index contributed by atoms with van der Waals surface area (Å²) in [6, 6.07) is 0. The van der Waals surface area contributed by atoms with E-state index in [-0.39, 0.29) is 43.4 Å². The van der Waals surface area contributed by atoms with Crippen LogP contribution >= 0.6 is 0 Å². The molecule has 0 bridgehead atoms. The van der Waals surface area contributed by atoms with E-state index in [9.17, 15) is 0 Å². The van der Waals surface area contributed by atoms with Crippen molar-refractivity contribution in [2.75, 3.05) is 0 Å². The third kappa shape index (κ3) is 8.82. The first-order valence-electron chi connectivity index (χ1n) is 0.200. The molecular formula is H2NbSe2W. The molecule has 0 aliphatic carbocycles. The van der Waals surface area contributed by atoms with Gasteiger partial charge in [-0.25, -0.2) is 0 Å². The fourth-order valence-corrected chi connectivity index (χ4v) is 0. The van der Waals surface area contributed by atoms with Crippen molar-refractivity contribution in [2.45, 2.75) is 0 Å². The SMILES string of the molecule is [Nb].[SeH][SeH].[W]. The molecule has 0 saturated heterocycles. The average molecular weight is 437 g/mol. The van der Waals surface area contributed by atoms with Gasteiger partial charge in [-0.3, -0.25) is 0 Å². The molecule has 0 saturated carbocycles.